The highest BCUT2D eigenvalue weighted by atomic mass is 16.6. The quantitative estimate of drug-likeness (QED) is 0.785. The number of hydrogen-bond acceptors (Lipinski definition) is 3. The van der Waals surface area contributed by atoms with Crippen LogP contribution in [0.1, 0.15) is 48.0 Å². The van der Waals surface area contributed by atoms with Crippen LogP contribution in [0, 0.1) is 5.92 Å². The maximum atomic E-state index is 13.0. The van der Waals surface area contributed by atoms with Crippen LogP contribution in [0.2, 0.25) is 0 Å². The van der Waals surface area contributed by atoms with Crippen molar-refractivity contribution in [3.8, 4) is 0 Å². The number of anilines is 1. The number of para-hydroxylation sites is 1. The van der Waals surface area contributed by atoms with Gasteiger partial charge in [-0.2, -0.15) is 0 Å². The van der Waals surface area contributed by atoms with Crippen molar-refractivity contribution >= 4 is 17.6 Å². The Labute approximate surface area is 153 Å². The number of carbonyl (C=O) groups is 2. The molecule has 26 heavy (non-hydrogen) atoms. The van der Waals surface area contributed by atoms with Crippen LogP contribution in [0.4, 0.5) is 10.5 Å². The number of benzene rings is 2. The molecule has 0 bridgehead atoms. The number of rotatable bonds is 3. The third-order valence-corrected chi connectivity index (χ3v) is 5.54. The Morgan fingerprint density at radius 1 is 1.00 bits per heavy atom. The van der Waals surface area contributed by atoms with E-state index in [4.69, 9.17) is 4.74 Å². The highest BCUT2D eigenvalue weighted by Crippen LogP contribution is 2.39. The normalized spacial score (nSPS) is 20.1. The number of ketones is 1. The van der Waals surface area contributed by atoms with E-state index in [0.717, 1.165) is 18.4 Å². The zero-order valence-corrected chi connectivity index (χ0v) is 14.8. The molecule has 4 nitrogen and oxygen atoms in total. The van der Waals surface area contributed by atoms with Gasteiger partial charge in [0.2, 0.25) is 0 Å². The second-order valence-electron chi connectivity index (χ2n) is 7.17. The van der Waals surface area contributed by atoms with Gasteiger partial charge in [-0.05, 0) is 36.5 Å². The summed E-state index contributed by atoms with van der Waals surface area (Å²) >= 11 is 0. The van der Waals surface area contributed by atoms with Crippen LogP contribution in [0.5, 0.6) is 0 Å². The SMILES string of the molecule is O=C1C[C@H](C2CCCC2)N(C(=O)OCc2ccccc2)c2ccccc21. The Hall–Kier alpha value is -2.62. The minimum atomic E-state index is -0.356. The highest BCUT2D eigenvalue weighted by Gasteiger charge is 2.40. The van der Waals surface area contributed by atoms with Crippen LogP contribution in [-0.4, -0.2) is 17.9 Å². The largest absolute Gasteiger partial charge is 0.444 e. The molecule has 2 aromatic rings. The van der Waals surface area contributed by atoms with Gasteiger partial charge in [0.1, 0.15) is 6.61 Å². The van der Waals surface area contributed by atoms with Crippen molar-refractivity contribution in [1.82, 2.24) is 0 Å². The monoisotopic (exact) mass is 349 g/mol. The van der Waals surface area contributed by atoms with E-state index in [1.165, 1.54) is 12.8 Å². The van der Waals surface area contributed by atoms with E-state index >= 15 is 0 Å². The second-order valence-corrected chi connectivity index (χ2v) is 7.17. The lowest BCUT2D eigenvalue weighted by molar-refractivity contribution is 0.0947. The van der Waals surface area contributed by atoms with Gasteiger partial charge in [-0.25, -0.2) is 4.79 Å². The van der Waals surface area contributed by atoms with E-state index in [2.05, 4.69) is 0 Å². The molecule has 134 valence electrons. The molecule has 0 radical (unpaired) electrons. The molecule has 0 N–H and O–H groups in total. The average Bonchev–Trinajstić information content (AvgIpc) is 3.21. The van der Waals surface area contributed by atoms with Crippen molar-refractivity contribution in [3.05, 3.63) is 65.7 Å². The van der Waals surface area contributed by atoms with E-state index < -0.39 is 0 Å². The molecule has 0 spiro atoms. The summed E-state index contributed by atoms with van der Waals surface area (Å²) in [4.78, 5) is 27.4. The van der Waals surface area contributed by atoms with E-state index in [9.17, 15) is 9.59 Å². The topological polar surface area (TPSA) is 46.6 Å². The van der Waals surface area contributed by atoms with Gasteiger partial charge in [0, 0.05) is 12.0 Å². The molecule has 1 fully saturated rings. The van der Waals surface area contributed by atoms with Gasteiger partial charge in [-0.15, -0.1) is 0 Å². The molecule has 0 aromatic heterocycles. The van der Waals surface area contributed by atoms with Crippen molar-refractivity contribution in [2.45, 2.75) is 44.8 Å². The van der Waals surface area contributed by atoms with Crippen molar-refractivity contribution < 1.29 is 14.3 Å². The molecule has 2 aliphatic rings. The number of ether oxygens (including phenoxy) is 1. The molecule has 4 rings (SSSR count). The standard InChI is InChI=1S/C22H23NO3/c24-21-14-20(17-10-4-5-11-17)23(19-13-7-6-12-18(19)21)22(25)26-15-16-8-2-1-3-9-16/h1-3,6-9,12-13,17,20H,4-5,10-11,14-15H2/t20-/m1/s1. The lowest BCUT2D eigenvalue weighted by Gasteiger charge is -2.38. The fourth-order valence-electron chi connectivity index (χ4n) is 4.23. The lowest BCUT2D eigenvalue weighted by Crippen LogP contribution is -2.49. The fraction of sp³-hybridized carbons (Fsp3) is 0.364. The number of Topliss-reactive ketones (excluding diaryl/α,β-unsaturated/α-hetero) is 1. The van der Waals surface area contributed by atoms with Crippen molar-refractivity contribution in [2.24, 2.45) is 5.92 Å². The lowest BCUT2D eigenvalue weighted by atomic mass is 9.86. The van der Waals surface area contributed by atoms with Crippen LogP contribution in [-0.2, 0) is 11.3 Å². The zero-order chi connectivity index (χ0) is 17.9. The summed E-state index contributed by atoms with van der Waals surface area (Å²) in [6, 6.07) is 17.0. The van der Waals surface area contributed by atoms with Gasteiger partial charge in [0.05, 0.1) is 11.7 Å². The molecule has 2 aromatic carbocycles. The summed E-state index contributed by atoms with van der Waals surface area (Å²) in [5, 5.41) is 0. The van der Waals surface area contributed by atoms with Gasteiger partial charge in [0.25, 0.3) is 0 Å². The number of hydrogen-bond donors (Lipinski definition) is 0. The summed E-state index contributed by atoms with van der Waals surface area (Å²) < 4.78 is 5.63. The summed E-state index contributed by atoms with van der Waals surface area (Å²) in [5.41, 5.74) is 2.27. The van der Waals surface area contributed by atoms with Crippen LogP contribution >= 0.6 is 0 Å². The van der Waals surface area contributed by atoms with Gasteiger partial charge < -0.3 is 4.74 Å². The van der Waals surface area contributed by atoms with Crippen molar-refractivity contribution in [1.29, 1.82) is 0 Å². The molecule has 1 heterocycles. The number of nitrogens with zero attached hydrogens (tertiary/aromatic N) is 1. The van der Waals surface area contributed by atoms with Crippen LogP contribution in [0.25, 0.3) is 0 Å². The molecule has 4 heteroatoms. The Morgan fingerprint density at radius 3 is 2.46 bits per heavy atom. The molecule has 0 saturated heterocycles. The smallest absolute Gasteiger partial charge is 0.414 e. The highest BCUT2D eigenvalue weighted by molar-refractivity contribution is 6.08. The number of carbonyl (C=O) groups excluding carboxylic acids is 2. The molecule has 1 aliphatic carbocycles. The minimum absolute atomic E-state index is 0.0943. The predicted octanol–water partition coefficient (Wildman–Crippen LogP) is 4.98. The minimum Gasteiger partial charge on any atom is -0.444 e. The number of fused-ring (bicyclic) bond motifs is 1. The first-order valence-electron chi connectivity index (χ1n) is 9.36. The van der Waals surface area contributed by atoms with E-state index in [0.29, 0.717) is 23.6 Å². The molecule has 0 unspecified atom stereocenters. The van der Waals surface area contributed by atoms with Crippen LogP contribution < -0.4 is 4.90 Å². The Morgan fingerprint density at radius 2 is 1.69 bits per heavy atom. The first kappa shape index (κ1) is 16.8. The van der Waals surface area contributed by atoms with Gasteiger partial charge in [0.15, 0.2) is 5.78 Å². The van der Waals surface area contributed by atoms with Gasteiger partial charge in [-0.3, -0.25) is 9.69 Å². The Kier molecular flexibility index (Phi) is 4.74. The van der Waals surface area contributed by atoms with E-state index in [1.54, 1.807) is 11.0 Å². The summed E-state index contributed by atoms with van der Waals surface area (Å²) in [5.74, 6) is 0.501. The maximum Gasteiger partial charge on any atom is 0.414 e. The molecular formula is C22H23NO3. The second kappa shape index (κ2) is 7.32. The van der Waals surface area contributed by atoms with Gasteiger partial charge in [-0.1, -0.05) is 55.3 Å². The average molecular weight is 349 g/mol. The van der Waals surface area contributed by atoms with Crippen molar-refractivity contribution in [3.63, 3.8) is 0 Å². The van der Waals surface area contributed by atoms with Crippen LogP contribution in [0.3, 0.4) is 0 Å². The first-order valence-corrected chi connectivity index (χ1v) is 9.36. The number of amides is 1. The third-order valence-electron chi connectivity index (χ3n) is 5.54. The first-order chi connectivity index (χ1) is 12.7. The van der Waals surface area contributed by atoms with E-state index in [1.807, 2.05) is 48.5 Å². The Balaban J connectivity index is 1.61. The Bertz CT molecular complexity index is 796. The van der Waals surface area contributed by atoms with E-state index in [-0.39, 0.29) is 24.5 Å². The predicted molar refractivity (Wildman–Crippen MR) is 100 cm³/mol. The van der Waals surface area contributed by atoms with Gasteiger partial charge >= 0.3 is 6.09 Å². The summed E-state index contributed by atoms with van der Waals surface area (Å²) in [7, 11) is 0. The summed E-state index contributed by atoms with van der Waals surface area (Å²) in [6.07, 6.45) is 4.52. The fourth-order valence-corrected chi connectivity index (χ4v) is 4.23. The molecule has 1 aliphatic heterocycles. The zero-order valence-electron chi connectivity index (χ0n) is 14.8. The maximum absolute atomic E-state index is 13.0. The molecule has 1 saturated carbocycles. The molecular weight excluding hydrogens is 326 g/mol. The summed E-state index contributed by atoms with van der Waals surface area (Å²) in [6.45, 7) is 0.240. The third kappa shape index (κ3) is 3.24. The van der Waals surface area contributed by atoms with Crippen LogP contribution in [0.15, 0.2) is 54.6 Å². The van der Waals surface area contributed by atoms with Crippen molar-refractivity contribution in [2.75, 3.05) is 4.90 Å². The molecule has 1 atom stereocenters. The molecule has 1 amide bonds.